The van der Waals surface area contributed by atoms with E-state index < -0.39 is 9.84 Å². The molecule has 31 heavy (non-hydrogen) atoms. The fourth-order valence-corrected chi connectivity index (χ4v) is 6.04. The van der Waals surface area contributed by atoms with E-state index in [4.69, 9.17) is 4.74 Å². The van der Waals surface area contributed by atoms with Crippen LogP contribution in [0.25, 0.3) is 16.6 Å². The molecule has 2 aromatic heterocycles. The standard InChI is InChI=1S/C23H26N4O3S/c1-14(2)21(16-6-5-15-4-3-9-31(28,29)20(15)10-16)27-23-18-11-19(17-7-8-30-12-17)26-22(18)24-13-25-23/h5-7,10-11,13-14,21H,3-4,8-9,12H2,1-2H3,(H2,24,25,26,27)/t21-/m1/s1. The molecule has 0 amide bonds. The Labute approximate surface area is 181 Å². The van der Waals surface area contributed by atoms with Crippen LogP contribution in [0.4, 0.5) is 5.82 Å². The van der Waals surface area contributed by atoms with Gasteiger partial charge in [0.2, 0.25) is 0 Å². The third-order valence-electron chi connectivity index (χ3n) is 6.08. The monoisotopic (exact) mass is 438 g/mol. The Kier molecular flexibility index (Phi) is 5.06. The summed E-state index contributed by atoms with van der Waals surface area (Å²) in [5.41, 5.74) is 4.73. The van der Waals surface area contributed by atoms with Crippen molar-refractivity contribution >= 4 is 32.3 Å². The molecule has 0 unspecified atom stereocenters. The molecule has 0 radical (unpaired) electrons. The van der Waals surface area contributed by atoms with Crippen LogP contribution in [0.5, 0.6) is 0 Å². The van der Waals surface area contributed by atoms with Crippen LogP contribution in [0.15, 0.2) is 41.6 Å². The minimum atomic E-state index is -3.21. The normalized spacial score (nSPS) is 18.7. The molecule has 5 rings (SSSR count). The van der Waals surface area contributed by atoms with E-state index in [0.29, 0.717) is 24.5 Å². The van der Waals surface area contributed by atoms with Gasteiger partial charge in [-0.2, -0.15) is 0 Å². The predicted octanol–water partition coefficient (Wildman–Crippen LogP) is 3.90. The molecule has 2 N–H and O–H groups in total. The van der Waals surface area contributed by atoms with Crippen LogP contribution in [0.1, 0.15) is 43.1 Å². The first-order valence-corrected chi connectivity index (χ1v) is 12.3. The maximum atomic E-state index is 12.6. The molecule has 3 aromatic rings. The maximum absolute atomic E-state index is 12.6. The number of H-pyrrole nitrogens is 1. The molecule has 0 spiro atoms. The van der Waals surface area contributed by atoms with Crippen molar-refractivity contribution < 1.29 is 13.2 Å². The van der Waals surface area contributed by atoms with Crippen molar-refractivity contribution in [2.45, 2.75) is 37.6 Å². The van der Waals surface area contributed by atoms with E-state index in [0.717, 1.165) is 45.7 Å². The Bertz CT molecular complexity index is 1280. The summed E-state index contributed by atoms with van der Waals surface area (Å²) in [7, 11) is -3.21. The maximum Gasteiger partial charge on any atom is 0.178 e. The fraction of sp³-hybridized carbons (Fsp3) is 0.391. The molecule has 1 aromatic carbocycles. The largest absolute Gasteiger partial charge is 0.373 e. The van der Waals surface area contributed by atoms with Crippen molar-refractivity contribution in [2.75, 3.05) is 24.3 Å². The average Bonchev–Trinajstić information content (AvgIpc) is 3.41. The molecule has 0 fully saturated rings. The number of hydrogen-bond donors (Lipinski definition) is 2. The van der Waals surface area contributed by atoms with Gasteiger partial charge in [0.1, 0.15) is 17.8 Å². The first-order chi connectivity index (χ1) is 14.9. The van der Waals surface area contributed by atoms with Crippen LogP contribution in [0.2, 0.25) is 0 Å². The summed E-state index contributed by atoms with van der Waals surface area (Å²) >= 11 is 0. The second-order valence-corrected chi connectivity index (χ2v) is 10.6. The molecule has 0 aliphatic carbocycles. The number of benzene rings is 1. The lowest BCUT2D eigenvalue weighted by atomic mass is 9.94. The highest BCUT2D eigenvalue weighted by Gasteiger charge is 2.26. The minimum Gasteiger partial charge on any atom is -0.373 e. The molecule has 1 atom stereocenters. The van der Waals surface area contributed by atoms with Gasteiger partial charge in [0.05, 0.1) is 35.3 Å². The predicted molar refractivity (Wildman–Crippen MR) is 121 cm³/mol. The lowest BCUT2D eigenvalue weighted by Crippen LogP contribution is -2.20. The minimum absolute atomic E-state index is 0.0899. The van der Waals surface area contributed by atoms with Crippen molar-refractivity contribution in [2.24, 2.45) is 5.92 Å². The number of fused-ring (bicyclic) bond motifs is 2. The molecule has 7 nitrogen and oxygen atoms in total. The van der Waals surface area contributed by atoms with Crippen molar-refractivity contribution in [3.05, 3.63) is 53.5 Å². The zero-order valence-electron chi connectivity index (χ0n) is 17.7. The first kappa shape index (κ1) is 20.2. The number of hydrogen-bond acceptors (Lipinski definition) is 6. The second-order valence-electron chi connectivity index (χ2n) is 8.57. The van der Waals surface area contributed by atoms with Gasteiger partial charge < -0.3 is 15.0 Å². The summed E-state index contributed by atoms with van der Waals surface area (Å²) < 4.78 is 30.7. The van der Waals surface area contributed by atoms with Crippen LogP contribution in [-0.4, -0.2) is 42.3 Å². The Balaban J connectivity index is 1.52. The zero-order chi connectivity index (χ0) is 21.6. The molecule has 2 aliphatic rings. The lowest BCUT2D eigenvalue weighted by Gasteiger charge is -2.26. The van der Waals surface area contributed by atoms with E-state index in [1.54, 1.807) is 6.33 Å². The van der Waals surface area contributed by atoms with Crippen LogP contribution < -0.4 is 5.32 Å². The molecular weight excluding hydrogens is 412 g/mol. The molecule has 162 valence electrons. The lowest BCUT2D eigenvalue weighted by molar-refractivity contribution is 0.216. The third-order valence-corrected chi connectivity index (χ3v) is 7.96. The summed E-state index contributed by atoms with van der Waals surface area (Å²) in [5, 5.41) is 4.46. The number of aromatic nitrogens is 3. The molecule has 0 saturated carbocycles. The molecule has 2 aliphatic heterocycles. The highest BCUT2D eigenvalue weighted by Crippen LogP contribution is 2.34. The van der Waals surface area contributed by atoms with E-state index in [-0.39, 0.29) is 17.7 Å². The quantitative estimate of drug-likeness (QED) is 0.627. The van der Waals surface area contributed by atoms with Gasteiger partial charge in [-0.1, -0.05) is 32.1 Å². The Morgan fingerprint density at radius 2 is 2.06 bits per heavy atom. The topological polar surface area (TPSA) is 97.0 Å². The number of ether oxygens (including phenoxy) is 1. The Morgan fingerprint density at radius 1 is 1.19 bits per heavy atom. The van der Waals surface area contributed by atoms with Gasteiger partial charge in [-0.15, -0.1) is 0 Å². The Morgan fingerprint density at radius 3 is 2.84 bits per heavy atom. The van der Waals surface area contributed by atoms with E-state index in [2.05, 4.69) is 40.2 Å². The van der Waals surface area contributed by atoms with Crippen LogP contribution in [0, 0.1) is 5.92 Å². The SMILES string of the molecule is CC(C)[C@@H](Nc1ncnc2[nH]c(C3=CCOC3)cc12)c1ccc2c(c1)S(=O)(=O)CCC2. The third kappa shape index (κ3) is 3.74. The van der Waals surface area contributed by atoms with Gasteiger partial charge in [-0.05, 0) is 47.6 Å². The zero-order valence-corrected chi connectivity index (χ0v) is 18.5. The number of aromatic amines is 1. The number of nitrogens with zero attached hydrogens (tertiary/aromatic N) is 2. The van der Waals surface area contributed by atoms with Crippen molar-refractivity contribution in [1.82, 2.24) is 15.0 Å². The number of aryl methyl sites for hydroxylation is 1. The number of sulfone groups is 1. The second kappa shape index (κ2) is 7.76. The van der Waals surface area contributed by atoms with Gasteiger partial charge >= 0.3 is 0 Å². The molecule has 0 saturated heterocycles. The summed E-state index contributed by atoms with van der Waals surface area (Å²) in [4.78, 5) is 12.7. The van der Waals surface area contributed by atoms with Crippen molar-refractivity contribution in [3.63, 3.8) is 0 Å². The molecule has 4 heterocycles. The van der Waals surface area contributed by atoms with E-state index >= 15 is 0 Å². The van der Waals surface area contributed by atoms with E-state index in [1.807, 2.05) is 24.3 Å². The van der Waals surface area contributed by atoms with Gasteiger partial charge in [0.15, 0.2) is 9.84 Å². The number of anilines is 1. The van der Waals surface area contributed by atoms with Gasteiger partial charge in [0, 0.05) is 5.69 Å². The molecular formula is C23H26N4O3S. The van der Waals surface area contributed by atoms with Crippen LogP contribution >= 0.6 is 0 Å². The van der Waals surface area contributed by atoms with Gasteiger partial charge in [0.25, 0.3) is 0 Å². The molecule has 0 bridgehead atoms. The number of rotatable bonds is 5. The number of nitrogens with one attached hydrogen (secondary N) is 2. The first-order valence-electron chi connectivity index (χ1n) is 10.7. The summed E-state index contributed by atoms with van der Waals surface area (Å²) in [6.45, 7) is 5.44. The van der Waals surface area contributed by atoms with Gasteiger partial charge in [-0.3, -0.25) is 0 Å². The summed E-state index contributed by atoms with van der Waals surface area (Å²) in [5.74, 6) is 1.17. The smallest absolute Gasteiger partial charge is 0.178 e. The van der Waals surface area contributed by atoms with E-state index in [1.165, 1.54) is 0 Å². The average molecular weight is 439 g/mol. The van der Waals surface area contributed by atoms with Crippen LogP contribution in [-0.2, 0) is 21.0 Å². The summed E-state index contributed by atoms with van der Waals surface area (Å²) in [6, 6.07) is 7.82. The van der Waals surface area contributed by atoms with Crippen molar-refractivity contribution in [1.29, 1.82) is 0 Å². The molecule has 8 heteroatoms. The Hall–Kier alpha value is -2.71. The highest BCUT2D eigenvalue weighted by molar-refractivity contribution is 7.91. The van der Waals surface area contributed by atoms with E-state index in [9.17, 15) is 8.42 Å². The summed E-state index contributed by atoms with van der Waals surface area (Å²) in [6.07, 6.45) is 5.11. The van der Waals surface area contributed by atoms with Gasteiger partial charge in [-0.25, -0.2) is 18.4 Å². The van der Waals surface area contributed by atoms with Crippen LogP contribution in [0.3, 0.4) is 0 Å². The fourth-order valence-electron chi connectivity index (χ4n) is 4.41. The van der Waals surface area contributed by atoms with Crippen molar-refractivity contribution in [3.8, 4) is 0 Å². The highest BCUT2D eigenvalue weighted by atomic mass is 32.2.